The Bertz CT molecular complexity index is 515. The third kappa shape index (κ3) is 4.68. The lowest BCUT2D eigenvalue weighted by Crippen LogP contribution is -2.42. The average molecular weight is 318 g/mol. The Labute approximate surface area is 128 Å². The van der Waals surface area contributed by atoms with Gasteiger partial charge < -0.3 is 25.7 Å². The minimum Gasteiger partial charge on any atom is -0.358 e. The smallest absolute Gasteiger partial charge is 0.358 e. The van der Waals surface area contributed by atoms with Crippen molar-refractivity contribution in [3.8, 4) is 0 Å². The SMILES string of the molecule is Cc1nc([N+](=O)[O-])cn1CCC(=O)NC(CN)C1CC1.Cl. The zero-order chi connectivity index (χ0) is 14.7. The van der Waals surface area contributed by atoms with Gasteiger partial charge in [0.25, 0.3) is 0 Å². The van der Waals surface area contributed by atoms with Crippen molar-refractivity contribution in [2.45, 2.75) is 38.8 Å². The monoisotopic (exact) mass is 317 g/mol. The first-order valence-corrected chi connectivity index (χ1v) is 6.69. The molecule has 2 rings (SSSR count). The molecule has 118 valence electrons. The van der Waals surface area contributed by atoms with E-state index in [1.807, 2.05) is 0 Å². The molecule has 1 aliphatic carbocycles. The molecule has 3 N–H and O–H groups in total. The van der Waals surface area contributed by atoms with Gasteiger partial charge in [0, 0.05) is 32.5 Å². The number of aromatic nitrogens is 2. The fourth-order valence-electron chi connectivity index (χ4n) is 2.17. The first-order chi connectivity index (χ1) is 9.51. The number of hydrogen-bond acceptors (Lipinski definition) is 5. The van der Waals surface area contributed by atoms with Crippen LogP contribution in [0.2, 0.25) is 0 Å². The largest absolute Gasteiger partial charge is 0.381 e. The second kappa shape index (κ2) is 7.37. The van der Waals surface area contributed by atoms with E-state index in [0.717, 1.165) is 12.8 Å². The quantitative estimate of drug-likeness (QED) is 0.569. The maximum Gasteiger partial charge on any atom is 0.381 e. The Morgan fingerprint density at radius 2 is 2.33 bits per heavy atom. The van der Waals surface area contributed by atoms with Crippen LogP contribution in [0.1, 0.15) is 25.1 Å². The van der Waals surface area contributed by atoms with E-state index in [-0.39, 0.29) is 36.6 Å². The zero-order valence-electron chi connectivity index (χ0n) is 11.8. The first-order valence-electron chi connectivity index (χ1n) is 6.69. The molecule has 1 aromatic rings. The molecule has 21 heavy (non-hydrogen) atoms. The number of nitrogens with one attached hydrogen (secondary N) is 1. The van der Waals surface area contributed by atoms with Crippen molar-refractivity contribution in [1.29, 1.82) is 0 Å². The average Bonchev–Trinajstić information content (AvgIpc) is 3.17. The van der Waals surface area contributed by atoms with Crippen LogP contribution in [0.4, 0.5) is 5.82 Å². The third-order valence-corrected chi connectivity index (χ3v) is 3.52. The number of aryl methyl sites for hydroxylation is 2. The number of carbonyl (C=O) groups excluding carboxylic acids is 1. The zero-order valence-corrected chi connectivity index (χ0v) is 12.6. The summed E-state index contributed by atoms with van der Waals surface area (Å²) in [6, 6.07) is 0.0562. The summed E-state index contributed by atoms with van der Waals surface area (Å²) in [6.07, 6.45) is 3.85. The van der Waals surface area contributed by atoms with Gasteiger partial charge in [0.1, 0.15) is 6.20 Å². The Morgan fingerprint density at radius 1 is 1.67 bits per heavy atom. The van der Waals surface area contributed by atoms with Crippen molar-refractivity contribution in [1.82, 2.24) is 14.9 Å². The molecule has 0 aliphatic heterocycles. The fraction of sp³-hybridized carbons (Fsp3) is 0.667. The predicted octanol–water partition coefficient (Wildman–Crippen LogP) is 0.765. The van der Waals surface area contributed by atoms with Crippen LogP contribution in [0.15, 0.2) is 6.20 Å². The number of nitrogens with zero attached hydrogens (tertiary/aromatic N) is 3. The molecule has 1 saturated carbocycles. The summed E-state index contributed by atoms with van der Waals surface area (Å²) < 4.78 is 1.62. The van der Waals surface area contributed by atoms with E-state index >= 15 is 0 Å². The lowest BCUT2D eigenvalue weighted by atomic mass is 10.2. The fourth-order valence-corrected chi connectivity index (χ4v) is 2.17. The summed E-state index contributed by atoms with van der Waals surface area (Å²) in [6.45, 7) is 2.50. The number of imidazole rings is 1. The van der Waals surface area contributed by atoms with Crippen LogP contribution in [0.5, 0.6) is 0 Å². The molecule has 1 unspecified atom stereocenters. The highest BCUT2D eigenvalue weighted by Gasteiger charge is 2.31. The van der Waals surface area contributed by atoms with E-state index in [1.54, 1.807) is 11.5 Å². The number of nitrogens with two attached hydrogens (primary N) is 1. The number of carbonyl (C=O) groups is 1. The summed E-state index contributed by atoms with van der Waals surface area (Å²) in [5.74, 6) is 0.769. The molecule has 0 aromatic carbocycles. The van der Waals surface area contributed by atoms with Crippen molar-refractivity contribution in [2.75, 3.05) is 6.54 Å². The molecule has 1 aliphatic rings. The van der Waals surface area contributed by atoms with Crippen LogP contribution in [0, 0.1) is 23.0 Å². The van der Waals surface area contributed by atoms with Crippen molar-refractivity contribution < 1.29 is 9.72 Å². The lowest BCUT2D eigenvalue weighted by Gasteiger charge is -2.15. The van der Waals surface area contributed by atoms with Crippen molar-refractivity contribution in [3.05, 3.63) is 22.1 Å². The van der Waals surface area contributed by atoms with Gasteiger partial charge >= 0.3 is 5.82 Å². The highest BCUT2D eigenvalue weighted by atomic mass is 35.5. The molecule has 1 aromatic heterocycles. The Morgan fingerprint density at radius 3 is 2.81 bits per heavy atom. The Hall–Kier alpha value is -1.67. The third-order valence-electron chi connectivity index (χ3n) is 3.52. The van der Waals surface area contributed by atoms with E-state index in [0.29, 0.717) is 24.8 Å². The van der Waals surface area contributed by atoms with E-state index in [1.165, 1.54) is 6.20 Å². The van der Waals surface area contributed by atoms with Gasteiger partial charge in [0.2, 0.25) is 11.7 Å². The summed E-state index contributed by atoms with van der Waals surface area (Å²) in [7, 11) is 0. The van der Waals surface area contributed by atoms with Crippen LogP contribution in [-0.4, -0.2) is 33.0 Å². The molecule has 1 fully saturated rings. The lowest BCUT2D eigenvalue weighted by molar-refractivity contribution is -0.389. The van der Waals surface area contributed by atoms with Crippen LogP contribution in [0.25, 0.3) is 0 Å². The molecule has 0 saturated heterocycles. The number of nitro groups is 1. The molecule has 1 atom stereocenters. The van der Waals surface area contributed by atoms with Gasteiger partial charge in [-0.2, -0.15) is 0 Å². The van der Waals surface area contributed by atoms with Gasteiger partial charge in [0.05, 0.1) is 0 Å². The normalized spacial score (nSPS) is 15.1. The van der Waals surface area contributed by atoms with E-state index in [4.69, 9.17) is 5.73 Å². The van der Waals surface area contributed by atoms with Gasteiger partial charge in [-0.05, 0) is 28.7 Å². The molecule has 8 nitrogen and oxygen atoms in total. The van der Waals surface area contributed by atoms with Crippen molar-refractivity contribution in [2.24, 2.45) is 11.7 Å². The summed E-state index contributed by atoms with van der Waals surface area (Å²) in [5, 5.41) is 13.5. The number of hydrogen-bond donors (Lipinski definition) is 2. The second-order valence-electron chi connectivity index (χ2n) is 5.09. The molecular weight excluding hydrogens is 298 g/mol. The number of rotatable bonds is 7. The number of halogens is 1. The van der Waals surface area contributed by atoms with Gasteiger partial charge in [-0.1, -0.05) is 0 Å². The number of amides is 1. The van der Waals surface area contributed by atoms with Gasteiger partial charge in [-0.25, -0.2) is 0 Å². The van der Waals surface area contributed by atoms with Crippen LogP contribution >= 0.6 is 12.4 Å². The Balaban J connectivity index is 0.00000220. The minimum atomic E-state index is -0.541. The van der Waals surface area contributed by atoms with Gasteiger partial charge in [0.15, 0.2) is 0 Å². The van der Waals surface area contributed by atoms with Gasteiger partial charge in [-0.15, -0.1) is 12.4 Å². The van der Waals surface area contributed by atoms with Gasteiger partial charge in [-0.3, -0.25) is 4.79 Å². The van der Waals surface area contributed by atoms with Crippen LogP contribution in [-0.2, 0) is 11.3 Å². The van der Waals surface area contributed by atoms with E-state index in [9.17, 15) is 14.9 Å². The summed E-state index contributed by atoms with van der Waals surface area (Å²) >= 11 is 0. The molecule has 1 amide bonds. The highest BCUT2D eigenvalue weighted by Crippen LogP contribution is 2.32. The predicted molar refractivity (Wildman–Crippen MR) is 79.2 cm³/mol. The standard InChI is InChI=1S/C12H19N5O3.ClH/c1-8-14-11(17(19)20)7-16(8)5-4-12(18)15-10(6-13)9-2-3-9;/h7,9-10H,2-6,13H2,1H3,(H,15,18);1H. The summed E-state index contributed by atoms with van der Waals surface area (Å²) in [5.41, 5.74) is 5.63. The molecule has 9 heteroatoms. The molecular formula is C12H20ClN5O3. The maximum absolute atomic E-state index is 11.8. The molecule has 0 radical (unpaired) electrons. The van der Waals surface area contributed by atoms with Crippen molar-refractivity contribution in [3.63, 3.8) is 0 Å². The highest BCUT2D eigenvalue weighted by molar-refractivity contribution is 5.85. The molecule has 0 spiro atoms. The Kier molecular flexibility index (Phi) is 6.10. The minimum absolute atomic E-state index is 0. The molecule has 1 heterocycles. The van der Waals surface area contributed by atoms with Crippen LogP contribution in [0.3, 0.4) is 0 Å². The maximum atomic E-state index is 11.8. The van der Waals surface area contributed by atoms with E-state index in [2.05, 4.69) is 10.3 Å². The molecule has 0 bridgehead atoms. The van der Waals surface area contributed by atoms with E-state index < -0.39 is 4.92 Å². The second-order valence-corrected chi connectivity index (χ2v) is 5.09. The topological polar surface area (TPSA) is 116 Å². The first kappa shape index (κ1) is 17.4. The van der Waals surface area contributed by atoms with Crippen molar-refractivity contribution >= 4 is 24.1 Å². The van der Waals surface area contributed by atoms with Crippen LogP contribution < -0.4 is 11.1 Å². The summed E-state index contributed by atoms with van der Waals surface area (Å²) in [4.78, 5) is 25.7.